The molecule has 142 valence electrons. The Morgan fingerprint density at radius 1 is 1.11 bits per heavy atom. The van der Waals surface area contributed by atoms with Crippen molar-refractivity contribution >= 4 is 11.9 Å². The first-order valence-electron chi connectivity index (χ1n) is 9.43. The lowest BCUT2D eigenvalue weighted by atomic mass is 9.88. The van der Waals surface area contributed by atoms with Gasteiger partial charge in [-0.3, -0.25) is 4.79 Å². The van der Waals surface area contributed by atoms with Gasteiger partial charge in [0.05, 0.1) is 6.04 Å². The van der Waals surface area contributed by atoms with Gasteiger partial charge in [-0.25, -0.2) is 4.79 Å². The maximum absolute atomic E-state index is 12.3. The van der Waals surface area contributed by atoms with Crippen molar-refractivity contribution in [3.05, 3.63) is 65.7 Å². The van der Waals surface area contributed by atoms with Gasteiger partial charge in [0, 0.05) is 0 Å². The summed E-state index contributed by atoms with van der Waals surface area (Å²) in [6.45, 7) is 1.54. The fraction of sp³-hybridized carbons (Fsp3) is 0.364. The van der Waals surface area contributed by atoms with Crippen molar-refractivity contribution in [2.75, 3.05) is 6.61 Å². The van der Waals surface area contributed by atoms with Crippen LogP contribution in [-0.4, -0.2) is 24.6 Å². The fourth-order valence-corrected chi connectivity index (χ4v) is 3.33. The van der Waals surface area contributed by atoms with E-state index in [4.69, 9.17) is 9.47 Å². The molecule has 1 amide bonds. The first-order chi connectivity index (χ1) is 13.2. The van der Waals surface area contributed by atoms with Crippen LogP contribution in [0.2, 0.25) is 0 Å². The number of rotatable bonds is 7. The highest BCUT2D eigenvalue weighted by atomic mass is 16.6. The molecular formula is C22H25NO4. The van der Waals surface area contributed by atoms with Crippen molar-refractivity contribution in [3.63, 3.8) is 0 Å². The van der Waals surface area contributed by atoms with Gasteiger partial charge in [0.2, 0.25) is 0 Å². The minimum atomic E-state index is -0.726. The Kier molecular flexibility index (Phi) is 6.47. The van der Waals surface area contributed by atoms with Crippen molar-refractivity contribution in [1.29, 1.82) is 0 Å². The van der Waals surface area contributed by atoms with Crippen LogP contribution in [0.15, 0.2) is 54.6 Å². The molecule has 0 unspecified atom stereocenters. The quantitative estimate of drug-likeness (QED) is 0.760. The SMILES string of the molecule is CC[C@@H](Oc1ccccc1)C(=O)OCC(=O)N[C@@H]1CCCc2ccccc21. The van der Waals surface area contributed by atoms with Crippen LogP contribution < -0.4 is 10.1 Å². The minimum absolute atomic E-state index is 0.0244. The first-order valence-corrected chi connectivity index (χ1v) is 9.43. The second-order valence-corrected chi connectivity index (χ2v) is 6.65. The summed E-state index contributed by atoms with van der Waals surface area (Å²) >= 11 is 0. The van der Waals surface area contributed by atoms with E-state index in [1.807, 2.05) is 43.3 Å². The van der Waals surface area contributed by atoms with Crippen LogP contribution in [0.1, 0.15) is 43.4 Å². The van der Waals surface area contributed by atoms with Crippen molar-refractivity contribution in [2.45, 2.75) is 44.8 Å². The number of fused-ring (bicyclic) bond motifs is 1. The van der Waals surface area contributed by atoms with E-state index < -0.39 is 12.1 Å². The van der Waals surface area contributed by atoms with Crippen LogP contribution in [0.25, 0.3) is 0 Å². The summed E-state index contributed by atoms with van der Waals surface area (Å²) in [5.74, 6) is -0.218. The summed E-state index contributed by atoms with van der Waals surface area (Å²) in [6.07, 6.45) is 2.70. The van der Waals surface area contributed by atoms with Crippen LogP contribution in [0.3, 0.4) is 0 Å². The number of esters is 1. The molecule has 0 aromatic heterocycles. The molecule has 0 bridgehead atoms. The zero-order valence-corrected chi connectivity index (χ0v) is 15.5. The number of hydrogen-bond donors (Lipinski definition) is 1. The van der Waals surface area contributed by atoms with Gasteiger partial charge in [-0.05, 0) is 48.9 Å². The molecular weight excluding hydrogens is 342 g/mol. The van der Waals surface area contributed by atoms with E-state index in [-0.39, 0.29) is 18.6 Å². The zero-order chi connectivity index (χ0) is 19.1. The number of aryl methyl sites for hydroxylation is 1. The summed E-state index contributed by atoms with van der Waals surface area (Å²) < 4.78 is 10.8. The summed E-state index contributed by atoms with van der Waals surface area (Å²) in [7, 11) is 0. The van der Waals surface area contributed by atoms with E-state index >= 15 is 0 Å². The normalized spacial score (nSPS) is 16.7. The number of nitrogens with one attached hydrogen (secondary N) is 1. The number of para-hydroxylation sites is 1. The highest BCUT2D eigenvalue weighted by molar-refractivity contribution is 5.82. The molecule has 27 heavy (non-hydrogen) atoms. The van der Waals surface area contributed by atoms with Crippen LogP contribution in [0, 0.1) is 0 Å². The number of benzene rings is 2. The van der Waals surface area contributed by atoms with Gasteiger partial charge in [-0.2, -0.15) is 0 Å². The van der Waals surface area contributed by atoms with Gasteiger partial charge in [0.1, 0.15) is 5.75 Å². The van der Waals surface area contributed by atoms with E-state index in [9.17, 15) is 9.59 Å². The van der Waals surface area contributed by atoms with E-state index in [0.29, 0.717) is 12.2 Å². The molecule has 0 heterocycles. The number of amides is 1. The topological polar surface area (TPSA) is 64.6 Å². The molecule has 0 fully saturated rings. The second-order valence-electron chi connectivity index (χ2n) is 6.65. The summed E-state index contributed by atoms with van der Waals surface area (Å²) in [6, 6.07) is 17.2. The van der Waals surface area contributed by atoms with E-state index in [0.717, 1.165) is 24.8 Å². The monoisotopic (exact) mass is 367 g/mol. The molecule has 1 aliphatic carbocycles. The lowest BCUT2D eigenvalue weighted by Crippen LogP contribution is -2.36. The van der Waals surface area contributed by atoms with Gasteiger partial charge in [0.25, 0.3) is 5.91 Å². The number of carbonyl (C=O) groups is 2. The third-order valence-corrected chi connectivity index (χ3v) is 4.71. The molecule has 2 aromatic rings. The van der Waals surface area contributed by atoms with E-state index in [1.54, 1.807) is 12.1 Å². The third kappa shape index (κ3) is 5.09. The minimum Gasteiger partial charge on any atom is -0.479 e. The zero-order valence-electron chi connectivity index (χ0n) is 15.5. The molecule has 0 spiro atoms. The molecule has 5 heteroatoms. The standard InChI is InChI=1S/C22H25NO4/c1-2-20(27-17-11-4-3-5-12-17)22(25)26-15-21(24)23-19-14-8-10-16-9-6-7-13-18(16)19/h3-7,9,11-13,19-20H,2,8,10,14-15H2,1H3,(H,23,24)/t19-,20-/m1/s1. The molecule has 0 aliphatic heterocycles. The summed E-state index contributed by atoms with van der Waals surface area (Å²) in [5.41, 5.74) is 2.43. The molecule has 0 saturated carbocycles. The second kappa shape index (κ2) is 9.21. The molecule has 1 aliphatic rings. The van der Waals surface area contributed by atoms with Crippen LogP contribution in [-0.2, 0) is 20.7 Å². The molecule has 0 saturated heterocycles. The molecule has 0 radical (unpaired) electrons. The molecule has 1 N–H and O–H groups in total. The third-order valence-electron chi connectivity index (χ3n) is 4.71. The average molecular weight is 367 g/mol. The summed E-state index contributed by atoms with van der Waals surface area (Å²) in [5, 5.41) is 2.98. The van der Waals surface area contributed by atoms with Gasteiger partial charge < -0.3 is 14.8 Å². The molecule has 2 atom stereocenters. The van der Waals surface area contributed by atoms with Crippen molar-refractivity contribution in [3.8, 4) is 5.75 Å². The number of ether oxygens (including phenoxy) is 2. The number of hydrogen-bond acceptors (Lipinski definition) is 4. The highest BCUT2D eigenvalue weighted by Crippen LogP contribution is 2.29. The highest BCUT2D eigenvalue weighted by Gasteiger charge is 2.24. The van der Waals surface area contributed by atoms with Gasteiger partial charge >= 0.3 is 5.97 Å². The van der Waals surface area contributed by atoms with Crippen LogP contribution >= 0.6 is 0 Å². The Morgan fingerprint density at radius 3 is 2.63 bits per heavy atom. The first kappa shape index (κ1) is 19.0. The van der Waals surface area contributed by atoms with Gasteiger partial charge in [-0.15, -0.1) is 0 Å². The maximum atomic E-state index is 12.3. The average Bonchev–Trinajstić information content (AvgIpc) is 2.71. The molecule has 5 nitrogen and oxygen atoms in total. The van der Waals surface area contributed by atoms with Gasteiger partial charge in [0.15, 0.2) is 12.7 Å². The largest absolute Gasteiger partial charge is 0.479 e. The summed E-state index contributed by atoms with van der Waals surface area (Å²) in [4.78, 5) is 24.5. The Labute approximate surface area is 159 Å². The van der Waals surface area contributed by atoms with E-state index in [1.165, 1.54) is 5.56 Å². The van der Waals surface area contributed by atoms with Gasteiger partial charge in [-0.1, -0.05) is 49.4 Å². The maximum Gasteiger partial charge on any atom is 0.347 e. The lowest BCUT2D eigenvalue weighted by Gasteiger charge is -2.26. The van der Waals surface area contributed by atoms with Crippen molar-refractivity contribution < 1.29 is 19.1 Å². The van der Waals surface area contributed by atoms with Crippen molar-refractivity contribution in [2.24, 2.45) is 0 Å². The smallest absolute Gasteiger partial charge is 0.347 e. The fourth-order valence-electron chi connectivity index (χ4n) is 3.33. The molecule has 2 aromatic carbocycles. The molecule has 3 rings (SSSR count). The Morgan fingerprint density at radius 2 is 1.85 bits per heavy atom. The Balaban J connectivity index is 1.50. The number of carbonyl (C=O) groups excluding carboxylic acids is 2. The lowest BCUT2D eigenvalue weighted by molar-refractivity contribution is -0.155. The van der Waals surface area contributed by atoms with Crippen molar-refractivity contribution in [1.82, 2.24) is 5.32 Å². The van der Waals surface area contributed by atoms with Crippen LogP contribution in [0.4, 0.5) is 0 Å². The Hall–Kier alpha value is -2.82. The Bertz CT molecular complexity index is 775. The van der Waals surface area contributed by atoms with E-state index in [2.05, 4.69) is 11.4 Å². The predicted molar refractivity (Wildman–Crippen MR) is 102 cm³/mol. The predicted octanol–water partition coefficient (Wildman–Crippen LogP) is 3.58. The van der Waals surface area contributed by atoms with Crippen LogP contribution in [0.5, 0.6) is 5.75 Å².